The first kappa shape index (κ1) is 32.0. The van der Waals surface area contributed by atoms with Crippen molar-refractivity contribution in [1.29, 1.82) is 0 Å². The molecule has 3 aromatic rings. The molecule has 13 nitrogen and oxygen atoms in total. The van der Waals surface area contributed by atoms with Gasteiger partial charge in [0.15, 0.2) is 6.10 Å². The van der Waals surface area contributed by atoms with Crippen molar-refractivity contribution in [2.45, 2.75) is 51.4 Å². The van der Waals surface area contributed by atoms with Crippen LogP contribution in [0.1, 0.15) is 31.1 Å². The Morgan fingerprint density at radius 2 is 1.55 bits per heavy atom. The van der Waals surface area contributed by atoms with Gasteiger partial charge in [0.2, 0.25) is 6.29 Å². The van der Waals surface area contributed by atoms with Crippen molar-refractivity contribution in [1.82, 2.24) is 10.3 Å². The Bertz CT molecular complexity index is 1530. The fourth-order valence-electron chi connectivity index (χ4n) is 4.76. The summed E-state index contributed by atoms with van der Waals surface area (Å²) in [7, 11) is 1.16. The van der Waals surface area contributed by atoms with Crippen LogP contribution in [0.4, 0.5) is 0 Å². The van der Waals surface area contributed by atoms with Crippen LogP contribution >= 0.6 is 0 Å². The SMILES string of the molecule is COC(=O)COC1C(NC(=O)c2cc(-c3ccccc3)nc3ccccc23)C(OC(C)=O)OC(COC(C)=O)C1OC(C)=O. The van der Waals surface area contributed by atoms with Gasteiger partial charge in [-0.15, -0.1) is 0 Å². The fourth-order valence-corrected chi connectivity index (χ4v) is 4.76. The summed E-state index contributed by atoms with van der Waals surface area (Å²) in [6, 6.07) is 16.6. The van der Waals surface area contributed by atoms with Crippen molar-refractivity contribution in [3.63, 3.8) is 0 Å². The standard InChI is InChI=1S/C31H32N2O11/c1-17(34)40-15-25-28(42-18(2)35)29(41-16-26(37)39-4)27(31(44-25)43-19(3)36)33-30(38)22-14-24(20-10-6-5-7-11-20)32-23-13-9-8-12-21(22)23/h5-14,25,27-29,31H,15-16H2,1-4H3,(H,33,38). The minimum Gasteiger partial charge on any atom is -0.467 e. The van der Waals surface area contributed by atoms with Crippen LogP contribution in [0.5, 0.6) is 0 Å². The second-order valence-corrected chi connectivity index (χ2v) is 9.82. The normalized spacial score (nSPS) is 21.1. The zero-order valence-electron chi connectivity index (χ0n) is 24.5. The first-order chi connectivity index (χ1) is 21.1. The van der Waals surface area contributed by atoms with Crippen molar-refractivity contribution in [2.75, 3.05) is 20.3 Å². The predicted molar refractivity (Wildman–Crippen MR) is 153 cm³/mol. The summed E-state index contributed by atoms with van der Waals surface area (Å²) >= 11 is 0. The molecule has 0 aliphatic carbocycles. The van der Waals surface area contributed by atoms with Crippen LogP contribution in [0.2, 0.25) is 0 Å². The molecule has 13 heteroatoms. The molecule has 2 heterocycles. The number of carbonyl (C=O) groups is 5. The molecule has 5 atom stereocenters. The van der Waals surface area contributed by atoms with E-state index in [-0.39, 0.29) is 5.56 Å². The van der Waals surface area contributed by atoms with Crippen LogP contribution in [0.3, 0.4) is 0 Å². The van der Waals surface area contributed by atoms with E-state index >= 15 is 0 Å². The van der Waals surface area contributed by atoms with E-state index in [1.807, 2.05) is 30.3 Å². The van der Waals surface area contributed by atoms with Crippen LogP contribution < -0.4 is 5.32 Å². The van der Waals surface area contributed by atoms with E-state index in [0.717, 1.165) is 26.5 Å². The Morgan fingerprint density at radius 1 is 0.864 bits per heavy atom. The van der Waals surface area contributed by atoms with Crippen LogP contribution in [0.25, 0.3) is 22.2 Å². The molecule has 44 heavy (non-hydrogen) atoms. The van der Waals surface area contributed by atoms with Gasteiger partial charge in [-0.2, -0.15) is 0 Å². The first-order valence-corrected chi connectivity index (χ1v) is 13.6. The van der Waals surface area contributed by atoms with Gasteiger partial charge in [0.25, 0.3) is 5.91 Å². The molecule has 1 N–H and O–H groups in total. The number of nitrogens with one attached hydrogen (secondary N) is 1. The predicted octanol–water partition coefficient (Wildman–Crippen LogP) is 2.34. The highest BCUT2D eigenvalue weighted by Crippen LogP contribution is 2.30. The number of esters is 4. The maximum absolute atomic E-state index is 14.0. The van der Waals surface area contributed by atoms with Crippen molar-refractivity contribution in [3.8, 4) is 11.3 Å². The van der Waals surface area contributed by atoms with E-state index in [2.05, 4.69) is 5.32 Å². The number of pyridine rings is 1. The number of hydrogen-bond acceptors (Lipinski definition) is 12. The summed E-state index contributed by atoms with van der Waals surface area (Å²) in [4.78, 5) is 66.7. The topological polar surface area (TPSA) is 166 Å². The Hall–Kier alpha value is -4.88. The quantitative estimate of drug-likeness (QED) is 0.264. The molecule has 0 spiro atoms. The van der Waals surface area contributed by atoms with Gasteiger partial charge in [-0.1, -0.05) is 48.5 Å². The van der Waals surface area contributed by atoms with E-state index in [9.17, 15) is 24.0 Å². The lowest BCUT2D eigenvalue weighted by Crippen LogP contribution is -2.66. The Morgan fingerprint density at radius 3 is 2.20 bits per heavy atom. The third-order valence-corrected chi connectivity index (χ3v) is 6.63. The molecule has 1 amide bonds. The van der Waals surface area contributed by atoms with Crippen LogP contribution in [-0.2, 0) is 47.6 Å². The van der Waals surface area contributed by atoms with Gasteiger partial charge < -0.3 is 33.7 Å². The number of amides is 1. The number of methoxy groups -OCH3 is 1. The Labute approximate surface area is 252 Å². The average molecular weight is 609 g/mol. The van der Waals surface area contributed by atoms with Crippen molar-refractivity contribution < 1.29 is 52.4 Å². The lowest BCUT2D eigenvalue weighted by Gasteiger charge is -2.44. The van der Waals surface area contributed by atoms with Gasteiger partial charge in [0.05, 0.1) is 23.9 Å². The minimum absolute atomic E-state index is 0.230. The zero-order valence-corrected chi connectivity index (χ0v) is 24.5. The van der Waals surface area contributed by atoms with Gasteiger partial charge in [-0.25, -0.2) is 9.78 Å². The van der Waals surface area contributed by atoms with Crippen molar-refractivity contribution in [2.24, 2.45) is 0 Å². The third kappa shape index (κ3) is 7.94. The lowest BCUT2D eigenvalue weighted by molar-refractivity contribution is -0.273. The summed E-state index contributed by atoms with van der Waals surface area (Å²) in [5.74, 6) is -3.56. The second-order valence-electron chi connectivity index (χ2n) is 9.82. The third-order valence-electron chi connectivity index (χ3n) is 6.63. The number of fused-ring (bicyclic) bond motifs is 1. The maximum Gasteiger partial charge on any atom is 0.331 e. The zero-order chi connectivity index (χ0) is 31.8. The highest BCUT2D eigenvalue weighted by atomic mass is 16.7. The van der Waals surface area contributed by atoms with Crippen molar-refractivity contribution in [3.05, 3.63) is 66.2 Å². The number of rotatable bonds is 10. The molecule has 1 aliphatic heterocycles. The van der Waals surface area contributed by atoms with Crippen molar-refractivity contribution >= 4 is 40.7 Å². The molecule has 0 radical (unpaired) electrons. The van der Waals surface area contributed by atoms with Gasteiger partial charge in [-0.3, -0.25) is 19.2 Å². The molecule has 4 rings (SSSR count). The molecule has 2 aromatic carbocycles. The first-order valence-electron chi connectivity index (χ1n) is 13.6. The summed E-state index contributed by atoms with van der Waals surface area (Å²) in [5.41, 5.74) is 2.08. The van der Waals surface area contributed by atoms with Gasteiger partial charge in [0, 0.05) is 31.7 Å². The lowest BCUT2D eigenvalue weighted by atomic mass is 9.95. The highest BCUT2D eigenvalue weighted by molar-refractivity contribution is 6.07. The fraction of sp³-hybridized carbons (Fsp3) is 0.355. The van der Waals surface area contributed by atoms with E-state index in [1.54, 1.807) is 30.3 Å². The molecular formula is C31H32N2O11. The van der Waals surface area contributed by atoms with Crippen LogP contribution in [0, 0.1) is 0 Å². The molecule has 1 saturated heterocycles. The number of aromatic nitrogens is 1. The largest absolute Gasteiger partial charge is 0.467 e. The monoisotopic (exact) mass is 608 g/mol. The molecule has 0 bridgehead atoms. The van der Waals surface area contributed by atoms with E-state index < -0.39 is 73.6 Å². The molecule has 1 aromatic heterocycles. The molecule has 1 fully saturated rings. The van der Waals surface area contributed by atoms with Crippen LogP contribution in [0.15, 0.2) is 60.7 Å². The van der Waals surface area contributed by atoms with Gasteiger partial charge in [-0.05, 0) is 12.1 Å². The maximum atomic E-state index is 14.0. The Kier molecular flexibility index (Phi) is 10.6. The molecule has 232 valence electrons. The second kappa shape index (κ2) is 14.5. The number of para-hydroxylation sites is 1. The summed E-state index contributed by atoms with van der Waals surface area (Å²) < 4.78 is 32.5. The smallest absolute Gasteiger partial charge is 0.331 e. The molecule has 0 saturated carbocycles. The Balaban J connectivity index is 1.78. The summed E-state index contributed by atoms with van der Waals surface area (Å²) in [5, 5.41) is 3.33. The van der Waals surface area contributed by atoms with E-state index in [0.29, 0.717) is 16.6 Å². The molecule has 5 unspecified atom stereocenters. The van der Waals surface area contributed by atoms with E-state index in [4.69, 9.17) is 33.4 Å². The molecule has 1 aliphatic rings. The number of hydrogen-bond donors (Lipinski definition) is 1. The summed E-state index contributed by atoms with van der Waals surface area (Å²) in [6.45, 7) is 2.41. The number of ether oxygens (including phenoxy) is 6. The van der Waals surface area contributed by atoms with E-state index in [1.165, 1.54) is 6.92 Å². The molecular weight excluding hydrogens is 576 g/mol. The average Bonchev–Trinajstić information content (AvgIpc) is 3.00. The minimum atomic E-state index is -1.51. The number of nitrogens with zero attached hydrogens (tertiary/aromatic N) is 1. The van der Waals surface area contributed by atoms with Gasteiger partial charge >= 0.3 is 23.9 Å². The van der Waals surface area contributed by atoms with Gasteiger partial charge in [0.1, 0.15) is 31.5 Å². The number of benzene rings is 2. The van der Waals surface area contributed by atoms with Crippen LogP contribution in [-0.4, -0.2) is 85.7 Å². The summed E-state index contributed by atoms with van der Waals surface area (Å²) in [6.07, 6.45) is -5.35. The highest BCUT2D eigenvalue weighted by Gasteiger charge is 2.51. The number of carbonyl (C=O) groups excluding carboxylic acids is 5.